The van der Waals surface area contributed by atoms with E-state index in [4.69, 9.17) is 0 Å². The van der Waals surface area contributed by atoms with Crippen molar-refractivity contribution in [1.29, 1.82) is 0 Å². The minimum absolute atomic E-state index is 0.276. The van der Waals surface area contributed by atoms with Gasteiger partial charge in [-0.3, -0.25) is 19.3 Å². The molecule has 0 saturated heterocycles. The van der Waals surface area contributed by atoms with Crippen LogP contribution in [0, 0.1) is 0 Å². The molecule has 2 aromatic rings. The quantitative estimate of drug-likeness (QED) is 0.801. The van der Waals surface area contributed by atoms with Gasteiger partial charge in [0.2, 0.25) is 5.91 Å². The Kier molecular flexibility index (Phi) is 5.13. The van der Waals surface area contributed by atoms with Crippen LogP contribution < -0.4 is 5.32 Å². The van der Waals surface area contributed by atoms with Gasteiger partial charge in [-0.1, -0.05) is 49.4 Å². The fourth-order valence-corrected chi connectivity index (χ4v) is 3.13. The predicted octanol–water partition coefficient (Wildman–Crippen LogP) is 3.20. The van der Waals surface area contributed by atoms with E-state index in [1.807, 2.05) is 51.1 Å². The molecule has 5 heteroatoms. The molecule has 0 unspecified atom stereocenters. The number of benzene rings is 2. The summed E-state index contributed by atoms with van der Waals surface area (Å²) in [6.07, 6.45) is 1.01. The van der Waals surface area contributed by atoms with Gasteiger partial charge in [-0.05, 0) is 38.0 Å². The number of fused-ring (bicyclic) bond motifs is 1. The van der Waals surface area contributed by atoms with Gasteiger partial charge in [-0.15, -0.1) is 0 Å². The molecule has 3 rings (SSSR count). The number of nitrogens with zero attached hydrogens (tertiary/aromatic N) is 1. The van der Waals surface area contributed by atoms with Crippen molar-refractivity contribution >= 4 is 17.7 Å². The summed E-state index contributed by atoms with van der Waals surface area (Å²) in [6, 6.07) is 15.2. The van der Waals surface area contributed by atoms with Crippen LogP contribution in [0.25, 0.3) is 0 Å². The molecule has 1 atom stereocenters. The largest absolute Gasteiger partial charge is 0.349 e. The Balaban J connectivity index is 1.96. The van der Waals surface area contributed by atoms with E-state index in [0.717, 1.165) is 16.9 Å². The van der Waals surface area contributed by atoms with Gasteiger partial charge in [0, 0.05) is 12.0 Å². The third kappa shape index (κ3) is 3.77. The van der Waals surface area contributed by atoms with Gasteiger partial charge in [0.05, 0.1) is 11.1 Å². The topological polar surface area (TPSA) is 66.5 Å². The summed E-state index contributed by atoms with van der Waals surface area (Å²) in [4.78, 5) is 40.0. The average Bonchev–Trinajstić information content (AvgIpc) is 2.91. The highest BCUT2D eigenvalue weighted by atomic mass is 16.2. The van der Waals surface area contributed by atoms with Crippen LogP contribution in [0.3, 0.4) is 0 Å². The molecule has 5 nitrogen and oxygen atoms in total. The zero-order valence-electron chi connectivity index (χ0n) is 15.9. The first-order valence-electron chi connectivity index (χ1n) is 9.17. The van der Waals surface area contributed by atoms with Crippen molar-refractivity contribution in [2.45, 2.75) is 45.2 Å². The van der Waals surface area contributed by atoms with E-state index in [-0.39, 0.29) is 12.3 Å². The Labute approximate surface area is 159 Å². The van der Waals surface area contributed by atoms with Crippen molar-refractivity contribution in [1.82, 2.24) is 10.2 Å². The maximum absolute atomic E-state index is 13.1. The van der Waals surface area contributed by atoms with Crippen LogP contribution in [-0.2, 0) is 11.2 Å². The lowest BCUT2D eigenvalue weighted by atomic mass is 9.99. The standard InChI is InChI=1S/C22H24N2O3/c1-4-22(2,3)23-19(25)18(14-15-10-6-5-7-11-15)24-20(26)16-12-8-9-13-17(16)21(24)27/h5-13,18H,4,14H2,1-3H3,(H,23,25)/t18-/m0/s1. The van der Waals surface area contributed by atoms with Gasteiger partial charge in [-0.2, -0.15) is 0 Å². The number of amides is 3. The summed E-state index contributed by atoms with van der Waals surface area (Å²) < 4.78 is 0. The molecule has 140 valence electrons. The highest BCUT2D eigenvalue weighted by molar-refractivity contribution is 6.22. The second kappa shape index (κ2) is 7.35. The normalized spacial score (nSPS) is 14.9. The number of rotatable bonds is 6. The molecule has 0 saturated carbocycles. The summed E-state index contributed by atoms with van der Waals surface area (Å²) in [5.74, 6) is -1.15. The summed E-state index contributed by atoms with van der Waals surface area (Å²) >= 11 is 0. The minimum Gasteiger partial charge on any atom is -0.349 e. The Hall–Kier alpha value is -2.95. The molecule has 3 amide bonds. The summed E-state index contributed by atoms with van der Waals surface area (Å²) in [5, 5.41) is 2.99. The van der Waals surface area contributed by atoms with E-state index in [2.05, 4.69) is 5.32 Å². The predicted molar refractivity (Wildman–Crippen MR) is 103 cm³/mol. The first-order valence-corrected chi connectivity index (χ1v) is 9.17. The Morgan fingerprint density at radius 1 is 0.963 bits per heavy atom. The van der Waals surface area contributed by atoms with Crippen LogP contribution in [0.15, 0.2) is 54.6 Å². The molecule has 27 heavy (non-hydrogen) atoms. The smallest absolute Gasteiger partial charge is 0.262 e. The molecule has 1 aliphatic heterocycles. The lowest BCUT2D eigenvalue weighted by molar-refractivity contribution is -0.126. The Morgan fingerprint density at radius 3 is 2.00 bits per heavy atom. The van der Waals surface area contributed by atoms with Gasteiger partial charge in [0.15, 0.2) is 0 Å². The fourth-order valence-electron chi connectivity index (χ4n) is 3.13. The van der Waals surface area contributed by atoms with Crippen LogP contribution in [0.2, 0.25) is 0 Å². The van der Waals surface area contributed by atoms with E-state index < -0.39 is 23.4 Å². The molecule has 0 spiro atoms. The monoisotopic (exact) mass is 364 g/mol. The molecule has 0 aliphatic carbocycles. The molecule has 2 aromatic carbocycles. The van der Waals surface area contributed by atoms with E-state index in [1.165, 1.54) is 0 Å². The van der Waals surface area contributed by atoms with Crippen molar-refractivity contribution in [2.75, 3.05) is 0 Å². The van der Waals surface area contributed by atoms with E-state index in [1.54, 1.807) is 24.3 Å². The number of carbonyl (C=O) groups is 3. The maximum atomic E-state index is 13.1. The van der Waals surface area contributed by atoms with Crippen molar-refractivity contribution in [2.24, 2.45) is 0 Å². The van der Waals surface area contributed by atoms with Crippen LogP contribution in [0.5, 0.6) is 0 Å². The van der Waals surface area contributed by atoms with Crippen molar-refractivity contribution < 1.29 is 14.4 Å². The summed E-state index contributed by atoms with van der Waals surface area (Å²) in [6.45, 7) is 5.83. The number of imide groups is 1. The molecule has 0 radical (unpaired) electrons. The number of hydrogen-bond donors (Lipinski definition) is 1. The highest BCUT2D eigenvalue weighted by Crippen LogP contribution is 2.26. The van der Waals surface area contributed by atoms with E-state index in [9.17, 15) is 14.4 Å². The zero-order chi connectivity index (χ0) is 19.6. The van der Waals surface area contributed by atoms with Crippen molar-refractivity contribution in [3.8, 4) is 0 Å². The maximum Gasteiger partial charge on any atom is 0.262 e. The van der Waals surface area contributed by atoms with Gasteiger partial charge in [-0.25, -0.2) is 0 Å². The van der Waals surface area contributed by atoms with Crippen LogP contribution in [0.1, 0.15) is 53.5 Å². The molecular weight excluding hydrogens is 340 g/mol. The van der Waals surface area contributed by atoms with Gasteiger partial charge in [0.1, 0.15) is 6.04 Å². The summed E-state index contributed by atoms with van der Waals surface area (Å²) in [5.41, 5.74) is 1.17. The summed E-state index contributed by atoms with van der Waals surface area (Å²) in [7, 11) is 0. The van der Waals surface area contributed by atoms with Crippen LogP contribution in [-0.4, -0.2) is 34.2 Å². The second-order valence-electron chi connectivity index (χ2n) is 7.46. The second-order valence-corrected chi connectivity index (χ2v) is 7.46. The molecule has 0 bridgehead atoms. The van der Waals surface area contributed by atoms with Gasteiger partial charge < -0.3 is 5.32 Å². The Bertz CT molecular complexity index is 839. The van der Waals surface area contributed by atoms with Crippen LogP contribution >= 0.6 is 0 Å². The van der Waals surface area contributed by atoms with Crippen molar-refractivity contribution in [3.05, 3.63) is 71.3 Å². The first-order chi connectivity index (χ1) is 12.8. The van der Waals surface area contributed by atoms with Gasteiger partial charge in [0.25, 0.3) is 11.8 Å². The lowest BCUT2D eigenvalue weighted by Crippen LogP contribution is -2.55. The highest BCUT2D eigenvalue weighted by Gasteiger charge is 2.43. The zero-order valence-corrected chi connectivity index (χ0v) is 15.9. The van der Waals surface area contributed by atoms with E-state index in [0.29, 0.717) is 11.1 Å². The average molecular weight is 364 g/mol. The number of nitrogens with one attached hydrogen (secondary N) is 1. The SMILES string of the molecule is CCC(C)(C)NC(=O)[C@H](Cc1ccccc1)N1C(=O)c2ccccc2C1=O. The molecule has 0 fully saturated rings. The van der Waals surface area contributed by atoms with Crippen molar-refractivity contribution in [3.63, 3.8) is 0 Å². The minimum atomic E-state index is -0.898. The molecule has 1 N–H and O–H groups in total. The fraction of sp³-hybridized carbons (Fsp3) is 0.318. The molecular formula is C22H24N2O3. The number of hydrogen-bond acceptors (Lipinski definition) is 3. The third-order valence-corrected chi connectivity index (χ3v) is 5.06. The first kappa shape index (κ1) is 18.8. The van der Waals surface area contributed by atoms with Gasteiger partial charge >= 0.3 is 0 Å². The Morgan fingerprint density at radius 2 is 1.48 bits per heavy atom. The van der Waals surface area contributed by atoms with Crippen LogP contribution in [0.4, 0.5) is 0 Å². The lowest BCUT2D eigenvalue weighted by Gasteiger charge is -2.31. The number of carbonyl (C=O) groups excluding carboxylic acids is 3. The molecule has 0 aromatic heterocycles. The van der Waals surface area contributed by atoms with E-state index >= 15 is 0 Å². The molecule has 1 aliphatic rings. The molecule has 1 heterocycles. The third-order valence-electron chi connectivity index (χ3n) is 5.06.